The fourth-order valence-corrected chi connectivity index (χ4v) is 4.19. The van der Waals surface area contributed by atoms with Crippen LogP contribution in [0.5, 0.6) is 5.75 Å². The lowest BCUT2D eigenvalue weighted by atomic mass is 10.1. The lowest BCUT2D eigenvalue weighted by Gasteiger charge is -2.11. The summed E-state index contributed by atoms with van der Waals surface area (Å²) in [5.74, 6) is 0.589. The van der Waals surface area contributed by atoms with Gasteiger partial charge in [0.05, 0.1) is 23.8 Å². The summed E-state index contributed by atoms with van der Waals surface area (Å²) in [6.45, 7) is 5.77. The summed E-state index contributed by atoms with van der Waals surface area (Å²) in [6.07, 6.45) is 0. The second-order valence-corrected chi connectivity index (χ2v) is 9.29. The third-order valence-electron chi connectivity index (χ3n) is 4.53. The Balaban J connectivity index is 1.54. The van der Waals surface area contributed by atoms with E-state index < -0.39 is 5.25 Å². The van der Waals surface area contributed by atoms with Crippen LogP contribution in [-0.2, 0) is 9.59 Å². The molecule has 2 amide bonds. The summed E-state index contributed by atoms with van der Waals surface area (Å²) in [4.78, 5) is 29.2. The molecule has 3 rings (SSSR count). The number of thioether (sulfide) groups is 1. The Bertz CT molecular complexity index is 1060. The van der Waals surface area contributed by atoms with E-state index in [-0.39, 0.29) is 17.6 Å². The van der Waals surface area contributed by atoms with Crippen molar-refractivity contribution in [1.29, 1.82) is 0 Å². The molecule has 8 heteroatoms. The predicted octanol–water partition coefficient (Wildman–Crippen LogP) is 5.13. The van der Waals surface area contributed by atoms with Crippen molar-refractivity contribution < 1.29 is 14.3 Å². The van der Waals surface area contributed by atoms with E-state index in [0.717, 1.165) is 33.8 Å². The summed E-state index contributed by atoms with van der Waals surface area (Å²) in [5.41, 5.74) is 4.61. The number of methoxy groups -OCH3 is 1. The van der Waals surface area contributed by atoms with E-state index in [1.165, 1.54) is 23.1 Å². The molecule has 1 aromatic heterocycles. The fourth-order valence-electron chi connectivity index (χ4n) is 2.79. The maximum absolute atomic E-state index is 12.5. The lowest BCUT2D eigenvalue weighted by Crippen LogP contribution is -2.25. The van der Waals surface area contributed by atoms with Gasteiger partial charge in [0, 0.05) is 16.6 Å². The van der Waals surface area contributed by atoms with Crippen LogP contribution in [0.3, 0.4) is 0 Å². The number of carbonyl (C=O) groups is 2. The minimum atomic E-state index is -0.398. The average Bonchev–Trinajstić information content (AvgIpc) is 3.22. The van der Waals surface area contributed by atoms with Crippen molar-refractivity contribution in [3.8, 4) is 17.0 Å². The summed E-state index contributed by atoms with van der Waals surface area (Å²) in [7, 11) is 1.62. The third kappa shape index (κ3) is 6.32. The minimum Gasteiger partial charge on any atom is -0.496 e. The second-order valence-electron chi connectivity index (χ2n) is 7.10. The first kappa shape index (κ1) is 22.8. The molecular weight excluding hydrogens is 430 g/mol. The molecule has 2 N–H and O–H groups in total. The van der Waals surface area contributed by atoms with Crippen LogP contribution in [0.4, 0.5) is 10.8 Å². The normalized spacial score (nSPS) is 11.6. The SMILES string of the molecule is COc1ccc(C)cc1-c1csc(NC(=O)C(C)SCC(=O)Nc2ccc(C)cc2)n1. The van der Waals surface area contributed by atoms with Crippen molar-refractivity contribution in [2.24, 2.45) is 0 Å². The van der Waals surface area contributed by atoms with Crippen LogP contribution in [0.1, 0.15) is 18.1 Å². The Morgan fingerprint density at radius 2 is 1.81 bits per heavy atom. The van der Waals surface area contributed by atoms with Gasteiger partial charge in [0.15, 0.2) is 5.13 Å². The van der Waals surface area contributed by atoms with Gasteiger partial charge >= 0.3 is 0 Å². The van der Waals surface area contributed by atoms with Crippen LogP contribution in [0, 0.1) is 13.8 Å². The molecule has 0 saturated heterocycles. The largest absolute Gasteiger partial charge is 0.496 e. The zero-order valence-electron chi connectivity index (χ0n) is 17.9. The van der Waals surface area contributed by atoms with E-state index in [0.29, 0.717) is 5.13 Å². The number of benzene rings is 2. The summed E-state index contributed by atoms with van der Waals surface area (Å²) < 4.78 is 5.42. The molecule has 1 heterocycles. The van der Waals surface area contributed by atoms with Gasteiger partial charge in [-0.2, -0.15) is 0 Å². The zero-order valence-corrected chi connectivity index (χ0v) is 19.5. The fraction of sp³-hybridized carbons (Fsp3) is 0.261. The van der Waals surface area contributed by atoms with Gasteiger partial charge in [0.1, 0.15) is 5.75 Å². The number of thiazole rings is 1. The first-order valence-electron chi connectivity index (χ1n) is 9.75. The van der Waals surface area contributed by atoms with Crippen molar-refractivity contribution in [3.05, 3.63) is 59.0 Å². The number of anilines is 2. The van der Waals surface area contributed by atoms with Gasteiger partial charge in [-0.1, -0.05) is 29.3 Å². The van der Waals surface area contributed by atoms with Gasteiger partial charge < -0.3 is 15.4 Å². The van der Waals surface area contributed by atoms with Crippen LogP contribution in [0.2, 0.25) is 0 Å². The molecule has 6 nitrogen and oxygen atoms in total. The Kier molecular flexibility index (Phi) is 7.70. The van der Waals surface area contributed by atoms with Crippen LogP contribution >= 0.6 is 23.1 Å². The number of rotatable bonds is 8. The Morgan fingerprint density at radius 1 is 1.10 bits per heavy atom. The molecule has 31 heavy (non-hydrogen) atoms. The maximum Gasteiger partial charge on any atom is 0.239 e. The van der Waals surface area contributed by atoms with Gasteiger partial charge in [0.25, 0.3) is 0 Å². The molecule has 0 radical (unpaired) electrons. The van der Waals surface area contributed by atoms with E-state index in [2.05, 4.69) is 15.6 Å². The molecule has 0 aliphatic heterocycles. The number of nitrogens with one attached hydrogen (secondary N) is 2. The average molecular weight is 456 g/mol. The highest BCUT2D eigenvalue weighted by atomic mass is 32.2. The molecular formula is C23H25N3O3S2. The number of hydrogen-bond donors (Lipinski definition) is 2. The predicted molar refractivity (Wildman–Crippen MR) is 129 cm³/mol. The van der Waals surface area contributed by atoms with Crippen molar-refractivity contribution in [3.63, 3.8) is 0 Å². The molecule has 0 aliphatic rings. The molecule has 0 saturated carbocycles. The number of aromatic nitrogens is 1. The van der Waals surface area contributed by atoms with E-state index in [9.17, 15) is 9.59 Å². The molecule has 3 aromatic rings. The van der Waals surface area contributed by atoms with Crippen LogP contribution in [0.25, 0.3) is 11.3 Å². The molecule has 162 valence electrons. The highest BCUT2D eigenvalue weighted by molar-refractivity contribution is 8.01. The van der Waals surface area contributed by atoms with Crippen molar-refractivity contribution in [2.75, 3.05) is 23.5 Å². The van der Waals surface area contributed by atoms with Crippen LogP contribution < -0.4 is 15.4 Å². The number of carbonyl (C=O) groups excluding carboxylic acids is 2. The summed E-state index contributed by atoms with van der Waals surface area (Å²) in [5, 5.41) is 7.68. The Morgan fingerprint density at radius 3 is 2.52 bits per heavy atom. The van der Waals surface area contributed by atoms with E-state index in [4.69, 9.17) is 4.74 Å². The topological polar surface area (TPSA) is 80.3 Å². The molecule has 0 aliphatic carbocycles. The second kappa shape index (κ2) is 10.5. The number of hydrogen-bond acceptors (Lipinski definition) is 6. The van der Waals surface area contributed by atoms with Crippen molar-refractivity contribution in [1.82, 2.24) is 4.98 Å². The van der Waals surface area contributed by atoms with E-state index >= 15 is 0 Å². The van der Waals surface area contributed by atoms with E-state index in [1.807, 2.05) is 61.7 Å². The molecule has 1 atom stereocenters. The van der Waals surface area contributed by atoms with Crippen molar-refractivity contribution >= 4 is 45.7 Å². The van der Waals surface area contributed by atoms with Gasteiger partial charge in [0.2, 0.25) is 11.8 Å². The minimum absolute atomic E-state index is 0.142. The standard InChI is InChI=1S/C23H25N3O3S2/c1-14-5-8-17(9-6-14)24-21(27)13-30-16(3)22(28)26-23-25-19(12-31-23)18-11-15(2)7-10-20(18)29-4/h5-12,16H,13H2,1-4H3,(H,24,27)(H,25,26,28). The van der Waals surface area contributed by atoms with E-state index in [1.54, 1.807) is 14.0 Å². The quantitative estimate of drug-likeness (QED) is 0.492. The number of nitrogens with zero attached hydrogens (tertiary/aromatic N) is 1. The molecule has 2 aromatic carbocycles. The number of aryl methyl sites for hydroxylation is 2. The Labute approximate surface area is 190 Å². The number of ether oxygens (including phenoxy) is 1. The van der Waals surface area contributed by atoms with Gasteiger partial charge in [-0.05, 0) is 45.0 Å². The molecule has 0 fully saturated rings. The zero-order chi connectivity index (χ0) is 22.4. The highest BCUT2D eigenvalue weighted by Gasteiger charge is 2.18. The van der Waals surface area contributed by atoms with Gasteiger partial charge in [-0.25, -0.2) is 4.98 Å². The van der Waals surface area contributed by atoms with Crippen LogP contribution in [-0.4, -0.2) is 34.9 Å². The van der Waals surface area contributed by atoms with Gasteiger partial charge in [-0.15, -0.1) is 23.1 Å². The maximum atomic E-state index is 12.5. The molecule has 1 unspecified atom stereocenters. The first-order valence-corrected chi connectivity index (χ1v) is 11.7. The summed E-state index contributed by atoms with van der Waals surface area (Å²) >= 11 is 2.63. The molecule has 0 bridgehead atoms. The third-order valence-corrected chi connectivity index (χ3v) is 6.43. The van der Waals surface area contributed by atoms with Crippen molar-refractivity contribution in [2.45, 2.75) is 26.0 Å². The summed E-state index contributed by atoms with van der Waals surface area (Å²) in [6, 6.07) is 13.5. The first-order chi connectivity index (χ1) is 14.9. The smallest absolute Gasteiger partial charge is 0.239 e. The van der Waals surface area contributed by atoms with Gasteiger partial charge in [-0.3, -0.25) is 9.59 Å². The van der Waals surface area contributed by atoms with Crippen LogP contribution in [0.15, 0.2) is 47.8 Å². The number of amides is 2. The highest BCUT2D eigenvalue weighted by Crippen LogP contribution is 2.33. The monoisotopic (exact) mass is 455 g/mol. The lowest BCUT2D eigenvalue weighted by molar-refractivity contribution is -0.115. The Hall–Kier alpha value is -2.84. The molecule has 0 spiro atoms.